The smallest absolute Gasteiger partial charge is 0.348 e. The predicted octanol–water partition coefficient (Wildman–Crippen LogP) is 4.91. The molecule has 0 spiro atoms. The minimum Gasteiger partial charge on any atom is -0.462 e. The molecule has 0 aliphatic heterocycles. The Balaban J connectivity index is 0.00000300. The second-order valence-electron chi connectivity index (χ2n) is 6.34. The van der Waals surface area contributed by atoms with Gasteiger partial charge in [-0.05, 0) is 57.5 Å². The SMILES string of the molecule is CCOC(=O)c1ccc(Nc2ncnc3sc(C(=O)OC(C)C)c(C)c23)cc1.Cl. The zero-order chi connectivity index (χ0) is 20.3. The highest BCUT2D eigenvalue weighted by Crippen LogP contribution is 2.35. The number of halogens is 1. The van der Waals surface area contributed by atoms with Crippen molar-refractivity contribution in [3.8, 4) is 0 Å². The first-order valence-electron chi connectivity index (χ1n) is 8.90. The lowest BCUT2D eigenvalue weighted by Gasteiger charge is -2.09. The Morgan fingerprint density at radius 3 is 2.45 bits per heavy atom. The van der Waals surface area contributed by atoms with Crippen molar-refractivity contribution in [2.24, 2.45) is 0 Å². The summed E-state index contributed by atoms with van der Waals surface area (Å²) < 4.78 is 10.3. The Morgan fingerprint density at radius 2 is 1.83 bits per heavy atom. The number of aryl methyl sites for hydroxylation is 1. The summed E-state index contributed by atoms with van der Waals surface area (Å²) in [4.78, 5) is 33.9. The molecule has 0 aliphatic carbocycles. The molecular weight excluding hydrogens is 414 g/mol. The summed E-state index contributed by atoms with van der Waals surface area (Å²) in [7, 11) is 0. The molecule has 7 nitrogen and oxygen atoms in total. The first-order valence-corrected chi connectivity index (χ1v) is 9.71. The fraction of sp³-hybridized carbons (Fsp3) is 0.300. The number of ether oxygens (including phenoxy) is 2. The number of hydrogen-bond donors (Lipinski definition) is 1. The molecular formula is C20H22ClN3O4S. The van der Waals surface area contributed by atoms with Crippen LogP contribution in [0.1, 0.15) is 46.4 Å². The molecule has 1 aromatic carbocycles. The second kappa shape index (κ2) is 9.67. The molecule has 0 aliphatic rings. The Kier molecular flexibility index (Phi) is 7.53. The van der Waals surface area contributed by atoms with Gasteiger partial charge in [-0.2, -0.15) is 0 Å². The van der Waals surface area contributed by atoms with Gasteiger partial charge >= 0.3 is 11.9 Å². The van der Waals surface area contributed by atoms with Crippen LogP contribution in [0.25, 0.3) is 10.2 Å². The van der Waals surface area contributed by atoms with E-state index in [9.17, 15) is 9.59 Å². The van der Waals surface area contributed by atoms with Crippen LogP contribution in [-0.2, 0) is 9.47 Å². The number of fused-ring (bicyclic) bond motifs is 1. The van der Waals surface area contributed by atoms with Gasteiger partial charge < -0.3 is 14.8 Å². The molecule has 0 saturated heterocycles. The molecule has 9 heteroatoms. The van der Waals surface area contributed by atoms with Crippen molar-refractivity contribution < 1.29 is 19.1 Å². The molecule has 0 saturated carbocycles. The molecule has 0 radical (unpaired) electrons. The van der Waals surface area contributed by atoms with Crippen molar-refractivity contribution in [2.75, 3.05) is 11.9 Å². The predicted molar refractivity (Wildman–Crippen MR) is 116 cm³/mol. The van der Waals surface area contributed by atoms with Crippen LogP contribution in [0.2, 0.25) is 0 Å². The number of hydrogen-bond acceptors (Lipinski definition) is 8. The van der Waals surface area contributed by atoms with E-state index in [1.54, 1.807) is 31.2 Å². The monoisotopic (exact) mass is 435 g/mol. The molecule has 0 atom stereocenters. The average Bonchev–Trinajstić information content (AvgIpc) is 3.00. The lowest BCUT2D eigenvalue weighted by atomic mass is 10.2. The molecule has 0 amide bonds. The van der Waals surface area contributed by atoms with Crippen LogP contribution < -0.4 is 5.32 Å². The summed E-state index contributed by atoms with van der Waals surface area (Å²) in [5.74, 6) is -0.132. The molecule has 2 aromatic heterocycles. The maximum absolute atomic E-state index is 12.3. The second-order valence-corrected chi connectivity index (χ2v) is 7.33. The third kappa shape index (κ3) is 5.02. The fourth-order valence-corrected chi connectivity index (χ4v) is 3.70. The van der Waals surface area contributed by atoms with E-state index in [0.29, 0.717) is 27.7 Å². The van der Waals surface area contributed by atoms with Crippen LogP contribution in [-0.4, -0.2) is 34.6 Å². The number of nitrogens with zero attached hydrogens (tertiary/aromatic N) is 2. The van der Waals surface area contributed by atoms with Crippen molar-refractivity contribution in [2.45, 2.75) is 33.8 Å². The van der Waals surface area contributed by atoms with E-state index in [4.69, 9.17) is 9.47 Å². The van der Waals surface area contributed by atoms with Crippen molar-refractivity contribution >= 4 is 57.4 Å². The maximum atomic E-state index is 12.3. The van der Waals surface area contributed by atoms with Gasteiger partial charge in [0.1, 0.15) is 21.9 Å². The highest BCUT2D eigenvalue weighted by Gasteiger charge is 2.21. The molecule has 0 fully saturated rings. The molecule has 29 heavy (non-hydrogen) atoms. The first kappa shape index (κ1) is 22.6. The molecule has 0 unspecified atom stereocenters. The van der Waals surface area contributed by atoms with Crippen LogP contribution in [0.4, 0.5) is 11.5 Å². The maximum Gasteiger partial charge on any atom is 0.348 e. The highest BCUT2D eigenvalue weighted by molar-refractivity contribution is 7.20. The standard InChI is InChI=1S/C20H21N3O4S.ClH/c1-5-26-19(24)13-6-8-14(9-7-13)23-17-15-12(4)16(20(25)27-11(2)3)28-18(15)22-10-21-17;/h6-11H,5H2,1-4H3,(H,21,22,23);1H. The van der Waals surface area contributed by atoms with Crippen molar-refractivity contribution in [3.63, 3.8) is 0 Å². The number of aromatic nitrogens is 2. The van der Waals surface area contributed by atoms with Gasteiger partial charge in [0.2, 0.25) is 0 Å². The van der Waals surface area contributed by atoms with Crippen molar-refractivity contribution in [3.05, 3.63) is 46.6 Å². The van der Waals surface area contributed by atoms with Crippen LogP contribution in [0, 0.1) is 6.92 Å². The van der Waals surface area contributed by atoms with Gasteiger partial charge in [-0.1, -0.05) is 0 Å². The van der Waals surface area contributed by atoms with E-state index in [-0.39, 0.29) is 30.4 Å². The fourth-order valence-electron chi connectivity index (χ4n) is 2.67. The van der Waals surface area contributed by atoms with Crippen LogP contribution in [0.15, 0.2) is 30.6 Å². The number of benzene rings is 1. The number of carbonyl (C=O) groups is 2. The lowest BCUT2D eigenvalue weighted by Crippen LogP contribution is -2.11. The highest BCUT2D eigenvalue weighted by atomic mass is 35.5. The normalized spacial score (nSPS) is 10.5. The summed E-state index contributed by atoms with van der Waals surface area (Å²) in [5, 5.41) is 4.01. The zero-order valence-corrected chi connectivity index (χ0v) is 18.1. The number of esters is 2. The quantitative estimate of drug-likeness (QED) is 0.550. The number of nitrogens with one attached hydrogen (secondary N) is 1. The van der Waals surface area contributed by atoms with Crippen LogP contribution in [0.5, 0.6) is 0 Å². The lowest BCUT2D eigenvalue weighted by molar-refractivity contribution is 0.0382. The van der Waals surface area contributed by atoms with Crippen LogP contribution >= 0.6 is 23.7 Å². The third-order valence-corrected chi connectivity index (χ3v) is 5.09. The molecule has 154 valence electrons. The van der Waals surface area contributed by atoms with Gasteiger partial charge in [0.15, 0.2) is 0 Å². The minimum absolute atomic E-state index is 0. The van der Waals surface area contributed by atoms with E-state index in [0.717, 1.165) is 16.6 Å². The molecule has 3 aromatic rings. The Hall–Kier alpha value is -2.71. The Labute approximate surface area is 178 Å². The van der Waals surface area contributed by atoms with Crippen molar-refractivity contribution in [1.82, 2.24) is 9.97 Å². The van der Waals surface area contributed by atoms with Gasteiger partial charge in [0, 0.05) is 5.69 Å². The topological polar surface area (TPSA) is 90.4 Å². The minimum atomic E-state index is -0.361. The van der Waals surface area contributed by atoms with Crippen molar-refractivity contribution in [1.29, 1.82) is 0 Å². The zero-order valence-electron chi connectivity index (χ0n) is 16.5. The van der Waals surface area contributed by atoms with E-state index in [1.165, 1.54) is 17.7 Å². The van der Waals surface area contributed by atoms with Gasteiger partial charge in [-0.25, -0.2) is 19.6 Å². The number of rotatable bonds is 6. The summed E-state index contributed by atoms with van der Waals surface area (Å²) >= 11 is 1.28. The largest absolute Gasteiger partial charge is 0.462 e. The molecule has 2 heterocycles. The molecule has 3 rings (SSSR count). The number of carbonyl (C=O) groups excluding carboxylic acids is 2. The van der Waals surface area contributed by atoms with E-state index in [2.05, 4.69) is 15.3 Å². The van der Waals surface area contributed by atoms with Gasteiger partial charge in [-0.3, -0.25) is 0 Å². The first-order chi connectivity index (χ1) is 13.4. The molecule has 1 N–H and O–H groups in total. The van der Waals surface area contributed by atoms with Gasteiger partial charge in [0.05, 0.1) is 23.7 Å². The summed E-state index contributed by atoms with van der Waals surface area (Å²) in [6.45, 7) is 7.58. The summed E-state index contributed by atoms with van der Waals surface area (Å²) in [5.41, 5.74) is 2.01. The Morgan fingerprint density at radius 1 is 1.14 bits per heavy atom. The van der Waals surface area contributed by atoms with Gasteiger partial charge in [-0.15, -0.1) is 23.7 Å². The van der Waals surface area contributed by atoms with E-state index < -0.39 is 0 Å². The number of anilines is 2. The van der Waals surface area contributed by atoms with Crippen LogP contribution in [0.3, 0.4) is 0 Å². The van der Waals surface area contributed by atoms with E-state index in [1.807, 2.05) is 20.8 Å². The number of thiophene rings is 1. The van der Waals surface area contributed by atoms with E-state index >= 15 is 0 Å². The third-order valence-electron chi connectivity index (χ3n) is 3.91. The summed E-state index contributed by atoms with van der Waals surface area (Å²) in [6.07, 6.45) is 1.25. The average molecular weight is 436 g/mol. The van der Waals surface area contributed by atoms with Gasteiger partial charge in [0.25, 0.3) is 0 Å². The summed E-state index contributed by atoms with van der Waals surface area (Å²) in [6, 6.07) is 6.92. The molecule has 0 bridgehead atoms. The Bertz CT molecular complexity index is 1020.